The normalized spacial score (nSPS) is 4.50. The van der Waals surface area contributed by atoms with Crippen molar-refractivity contribution in [2.75, 3.05) is 0 Å². The van der Waals surface area contributed by atoms with Crippen LogP contribution < -0.4 is 33.9 Å². The van der Waals surface area contributed by atoms with Crippen LogP contribution >= 0.6 is 0 Å². The van der Waals surface area contributed by atoms with Gasteiger partial charge < -0.3 is 15.1 Å². The van der Waals surface area contributed by atoms with E-state index in [-0.39, 0.29) is 46.2 Å². The minimum absolute atomic E-state index is 0. The van der Waals surface area contributed by atoms with Crippen molar-refractivity contribution in [2.45, 2.75) is 0 Å². The summed E-state index contributed by atoms with van der Waals surface area (Å²) < 4.78 is 0. The number of hydrogen-bond donors (Lipinski definition) is 0. The Hall–Kier alpha value is 1.46. The van der Waals surface area contributed by atoms with Gasteiger partial charge in [-0.05, 0) is 0 Å². The molecule has 6 heteroatoms. The third kappa shape index (κ3) is 50.8. The van der Waals surface area contributed by atoms with Crippen LogP contribution in [-0.4, -0.2) is 7.32 Å². The standard InChI is InChI=1S/BO3.Cd.Li/c2-1(3)4;;/q-3;+2;+1. The van der Waals surface area contributed by atoms with Crippen LogP contribution in [0.5, 0.6) is 0 Å². The van der Waals surface area contributed by atoms with Gasteiger partial charge in [0.1, 0.15) is 0 Å². The third-order valence-electron chi connectivity index (χ3n) is 0. The van der Waals surface area contributed by atoms with Crippen LogP contribution in [0.3, 0.4) is 0 Å². The Kier molecular flexibility index (Phi) is 25.3. The van der Waals surface area contributed by atoms with Crippen LogP contribution in [-0.2, 0) is 27.3 Å². The van der Waals surface area contributed by atoms with E-state index in [0.717, 1.165) is 0 Å². The maximum absolute atomic E-state index is 8.42. The molecule has 0 amide bonds. The van der Waals surface area contributed by atoms with Crippen LogP contribution in [0, 0.1) is 0 Å². The molecule has 0 bridgehead atoms. The minimum Gasteiger partial charge on any atom is -0.907 e. The van der Waals surface area contributed by atoms with E-state index in [0.29, 0.717) is 0 Å². The van der Waals surface area contributed by atoms with Crippen molar-refractivity contribution in [1.82, 2.24) is 0 Å². The van der Waals surface area contributed by atoms with Crippen LogP contribution in [0.25, 0.3) is 0 Å². The van der Waals surface area contributed by atoms with E-state index in [1.165, 1.54) is 0 Å². The van der Waals surface area contributed by atoms with E-state index in [2.05, 4.69) is 0 Å². The van der Waals surface area contributed by atoms with Crippen LogP contribution in [0.4, 0.5) is 0 Å². The molecule has 0 saturated heterocycles. The summed E-state index contributed by atoms with van der Waals surface area (Å²) in [5, 5.41) is 25.2. The Labute approximate surface area is 68.3 Å². The van der Waals surface area contributed by atoms with E-state index >= 15 is 0 Å². The molecular weight excluding hydrogens is 178 g/mol. The summed E-state index contributed by atoms with van der Waals surface area (Å²) in [6.45, 7) is 0. The molecule has 0 atom stereocenters. The maximum Gasteiger partial charge on any atom is 2.00 e. The second-order valence-corrected chi connectivity index (χ2v) is 0.289. The van der Waals surface area contributed by atoms with Crippen molar-refractivity contribution >= 4 is 7.32 Å². The molecule has 3 nitrogen and oxygen atoms in total. The molecule has 0 aliphatic rings. The first-order chi connectivity index (χ1) is 1.73. The van der Waals surface area contributed by atoms with Gasteiger partial charge in [-0.2, -0.15) is 0 Å². The van der Waals surface area contributed by atoms with Gasteiger partial charge in [0.2, 0.25) is 0 Å². The SMILES string of the molecule is [Cd+2].[Li+].[O-]B([O-])[O-]. The zero-order chi connectivity index (χ0) is 3.58. The molecule has 6 heavy (non-hydrogen) atoms. The van der Waals surface area contributed by atoms with Crippen molar-refractivity contribution < 1.29 is 61.2 Å². The van der Waals surface area contributed by atoms with E-state index in [4.69, 9.17) is 15.1 Å². The van der Waals surface area contributed by atoms with E-state index in [1.807, 2.05) is 0 Å². The molecule has 0 aromatic rings. The third-order valence-corrected chi connectivity index (χ3v) is 0. The summed E-state index contributed by atoms with van der Waals surface area (Å²) in [6.07, 6.45) is 0. The molecule has 24 valence electrons. The summed E-state index contributed by atoms with van der Waals surface area (Å²) >= 11 is 0. The zero-order valence-electron chi connectivity index (χ0n) is 3.51. The Balaban J connectivity index is -0.0000000450. The molecular formula is BCdLiO3. The Morgan fingerprint density at radius 2 is 1.00 bits per heavy atom. The van der Waals surface area contributed by atoms with E-state index in [9.17, 15) is 0 Å². The monoisotopic (exact) mass is 180 g/mol. The quantitative estimate of drug-likeness (QED) is 0.346. The predicted octanol–water partition coefficient (Wildman–Crippen LogP) is -6.95. The zero-order valence-corrected chi connectivity index (χ0v) is 7.55. The first-order valence-corrected chi connectivity index (χ1v) is 0.707. The Morgan fingerprint density at radius 1 is 1.00 bits per heavy atom. The van der Waals surface area contributed by atoms with Crippen molar-refractivity contribution in [3.05, 3.63) is 0 Å². The van der Waals surface area contributed by atoms with Gasteiger partial charge in [0, 0.05) is 0 Å². The van der Waals surface area contributed by atoms with Gasteiger partial charge in [0.15, 0.2) is 0 Å². The molecule has 0 rings (SSSR count). The van der Waals surface area contributed by atoms with Crippen molar-refractivity contribution in [3.8, 4) is 0 Å². The van der Waals surface area contributed by atoms with Crippen molar-refractivity contribution in [3.63, 3.8) is 0 Å². The molecule has 0 fully saturated rings. The molecule has 0 heterocycles. The number of rotatable bonds is 0. The average molecular weight is 178 g/mol. The van der Waals surface area contributed by atoms with Gasteiger partial charge in [-0.1, -0.05) is 0 Å². The minimum atomic E-state index is -2.92. The maximum atomic E-state index is 8.42. The van der Waals surface area contributed by atoms with Crippen LogP contribution in [0.15, 0.2) is 0 Å². The molecule has 0 aliphatic heterocycles. The summed E-state index contributed by atoms with van der Waals surface area (Å²) in [6, 6.07) is 0. The molecule has 0 aliphatic carbocycles. The summed E-state index contributed by atoms with van der Waals surface area (Å²) in [5.41, 5.74) is 0. The molecule has 0 N–H and O–H groups in total. The smallest absolute Gasteiger partial charge is 0.907 e. The Morgan fingerprint density at radius 3 is 1.00 bits per heavy atom. The fourth-order valence-electron chi connectivity index (χ4n) is 0. The summed E-state index contributed by atoms with van der Waals surface area (Å²) in [4.78, 5) is 0. The van der Waals surface area contributed by atoms with Gasteiger partial charge in [-0.3, -0.25) is 7.32 Å². The van der Waals surface area contributed by atoms with Gasteiger partial charge >= 0.3 is 46.2 Å². The average Bonchev–Trinajstić information content (AvgIpc) is 0.811. The van der Waals surface area contributed by atoms with Gasteiger partial charge in [-0.25, -0.2) is 0 Å². The molecule has 0 aromatic heterocycles. The van der Waals surface area contributed by atoms with E-state index in [1.54, 1.807) is 0 Å². The predicted molar refractivity (Wildman–Crippen MR) is 5.75 cm³/mol. The topological polar surface area (TPSA) is 69.2 Å². The fraction of sp³-hybridized carbons (Fsp3) is 0. The largest absolute Gasteiger partial charge is 2.00 e. The van der Waals surface area contributed by atoms with Crippen LogP contribution in [0.1, 0.15) is 0 Å². The second kappa shape index (κ2) is 9.68. The first-order valence-electron chi connectivity index (χ1n) is 0.707. The Bertz CT molecular complexity index is 15.5. The molecule has 0 aromatic carbocycles. The summed E-state index contributed by atoms with van der Waals surface area (Å²) in [5.74, 6) is 0. The second-order valence-electron chi connectivity index (χ2n) is 0.289. The number of hydrogen-bond acceptors (Lipinski definition) is 3. The van der Waals surface area contributed by atoms with Crippen molar-refractivity contribution in [2.24, 2.45) is 0 Å². The van der Waals surface area contributed by atoms with Gasteiger partial charge in [0.05, 0.1) is 0 Å². The first kappa shape index (κ1) is 15.7. The molecule has 0 unspecified atom stereocenters. The summed E-state index contributed by atoms with van der Waals surface area (Å²) in [7, 11) is -2.92. The molecule has 0 radical (unpaired) electrons. The van der Waals surface area contributed by atoms with Crippen molar-refractivity contribution in [1.29, 1.82) is 0 Å². The fourth-order valence-corrected chi connectivity index (χ4v) is 0. The molecule has 0 saturated carbocycles. The van der Waals surface area contributed by atoms with E-state index < -0.39 is 7.32 Å². The van der Waals surface area contributed by atoms with Crippen LogP contribution in [0.2, 0.25) is 0 Å². The van der Waals surface area contributed by atoms with Gasteiger partial charge in [-0.15, -0.1) is 0 Å². The van der Waals surface area contributed by atoms with Gasteiger partial charge in [0.25, 0.3) is 0 Å². The molecule has 0 spiro atoms.